The van der Waals surface area contributed by atoms with Gasteiger partial charge in [-0.3, -0.25) is 4.99 Å². The zero-order valence-corrected chi connectivity index (χ0v) is 4.31. The summed E-state index contributed by atoms with van der Waals surface area (Å²) in [5, 5.41) is 0. The summed E-state index contributed by atoms with van der Waals surface area (Å²) in [5.74, 6) is 0. The molecule has 0 unspecified atom stereocenters. The van der Waals surface area contributed by atoms with Crippen molar-refractivity contribution in [1.82, 2.24) is 0 Å². The number of nitrogens with two attached hydrogens (primary N) is 1. The smallest absolute Gasteiger partial charge is 0.0597 e. The van der Waals surface area contributed by atoms with E-state index in [0.29, 0.717) is 0 Å². The summed E-state index contributed by atoms with van der Waals surface area (Å²) in [6.45, 7) is 2.69. The van der Waals surface area contributed by atoms with Crippen molar-refractivity contribution in [2.75, 3.05) is 6.54 Å². The molecule has 0 radical (unpaired) electrons. The molecule has 1 aliphatic rings. The molecule has 0 amide bonds. The van der Waals surface area contributed by atoms with Gasteiger partial charge in [-0.25, -0.2) is 0 Å². The largest absolute Gasteiger partial charge is 0.397 e. The van der Waals surface area contributed by atoms with Crippen molar-refractivity contribution in [3.63, 3.8) is 0 Å². The van der Waals surface area contributed by atoms with Gasteiger partial charge < -0.3 is 5.73 Å². The quantitative estimate of drug-likeness (QED) is 0.463. The lowest BCUT2D eigenvalue weighted by atomic mass is 10.3. The van der Waals surface area contributed by atoms with Gasteiger partial charge in [-0.15, -0.1) is 0 Å². The molecular formula is C5H8N2. The number of hydrogen-bond donors (Lipinski definition) is 1. The normalized spacial score (nSPS) is 19.0. The van der Waals surface area contributed by atoms with E-state index in [1.807, 2.05) is 13.0 Å². The fourth-order valence-electron chi connectivity index (χ4n) is 0.520. The first kappa shape index (κ1) is 4.37. The number of rotatable bonds is 0. The van der Waals surface area contributed by atoms with E-state index in [4.69, 9.17) is 5.73 Å². The Labute approximate surface area is 42.7 Å². The number of aliphatic imine (C=N–C) groups is 1. The lowest BCUT2D eigenvalue weighted by molar-refractivity contribution is 1.28. The van der Waals surface area contributed by atoms with Crippen molar-refractivity contribution < 1.29 is 0 Å². The fourth-order valence-corrected chi connectivity index (χ4v) is 0.520. The zero-order chi connectivity index (χ0) is 5.28. The van der Waals surface area contributed by atoms with Gasteiger partial charge in [0.05, 0.1) is 18.0 Å². The number of nitrogens with zero attached hydrogens (tertiary/aromatic N) is 1. The van der Waals surface area contributed by atoms with Crippen molar-refractivity contribution in [2.45, 2.75) is 6.92 Å². The predicted octanol–water partition coefficient (Wildman–Crippen LogP) is 0.304. The van der Waals surface area contributed by atoms with Gasteiger partial charge >= 0.3 is 0 Å². The molecule has 0 aromatic heterocycles. The van der Waals surface area contributed by atoms with Gasteiger partial charge in [-0.2, -0.15) is 0 Å². The highest BCUT2D eigenvalue weighted by Gasteiger charge is 1.98. The van der Waals surface area contributed by atoms with Gasteiger partial charge in [0.25, 0.3) is 0 Å². The molecule has 1 heterocycles. The van der Waals surface area contributed by atoms with Crippen LogP contribution >= 0.6 is 0 Å². The predicted molar refractivity (Wildman–Crippen MR) is 30.2 cm³/mol. The molecule has 2 N–H and O–H groups in total. The number of allylic oxidation sites excluding steroid dienone is 1. The third-order valence-electron chi connectivity index (χ3n) is 1.06. The summed E-state index contributed by atoms with van der Waals surface area (Å²) >= 11 is 0. The van der Waals surface area contributed by atoms with Gasteiger partial charge in [0.2, 0.25) is 0 Å². The summed E-state index contributed by atoms with van der Waals surface area (Å²) in [6.07, 6.45) is 1.91. The Kier molecular flexibility index (Phi) is 0.855. The monoisotopic (exact) mass is 96.1 g/mol. The third-order valence-corrected chi connectivity index (χ3v) is 1.06. The highest BCUT2D eigenvalue weighted by Crippen LogP contribution is 1.96. The average molecular weight is 96.1 g/mol. The molecule has 0 saturated carbocycles. The van der Waals surface area contributed by atoms with Gasteiger partial charge in [-0.05, 0) is 13.0 Å². The van der Waals surface area contributed by atoms with Gasteiger partial charge in [0, 0.05) is 0 Å². The van der Waals surface area contributed by atoms with Crippen molar-refractivity contribution >= 4 is 5.71 Å². The third kappa shape index (κ3) is 0.633. The topological polar surface area (TPSA) is 38.4 Å². The molecular weight excluding hydrogens is 88.1 g/mol. The molecule has 2 heteroatoms. The first-order valence-electron chi connectivity index (χ1n) is 2.28. The zero-order valence-electron chi connectivity index (χ0n) is 4.31. The second kappa shape index (κ2) is 1.37. The van der Waals surface area contributed by atoms with Crippen LogP contribution in [-0.4, -0.2) is 12.3 Å². The van der Waals surface area contributed by atoms with Crippen LogP contribution in [0.3, 0.4) is 0 Å². The summed E-state index contributed by atoms with van der Waals surface area (Å²) in [6, 6.07) is 0. The van der Waals surface area contributed by atoms with Crippen LogP contribution in [0.15, 0.2) is 16.8 Å². The minimum Gasteiger partial charge on any atom is -0.397 e. The lowest BCUT2D eigenvalue weighted by Crippen LogP contribution is -2.02. The van der Waals surface area contributed by atoms with Gasteiger partial charge in [0.15, 0.2) is 0 Å². The Hall–Kier alpha value is -0.790. The molecule has 2 nitrogen and oxygen atoms in total. The van der Waals surface area contributed by atoms with E-state index in [0.717, 1.165) is 18.0 Å². The van der Waals surface area contributed by atoms with Crippen LogP contribution in [0.4, 0.5) is 0 Å². The van der Waals surface area contributed by atoms with E-state index < -0.39 is 0 Å². The fraction of sp³-hybridized carbons (Fsp3) is 0.400. The summed E-state index contributed by atoms with van der Waals surface area (Å²) < 4.78 is 0. The summed E-state index contributed by atoms with van der Waals surface area (Å²) in [7, 11) is 0. The molecule has 38 valence electrons. The van der Waals surface area contributed by atoms with E-state index in [9.17, 15) is 0 Å². The first-order valence-corrected chi connectivity index (χ1v) is 2.28. The Morgan fingerprint density at radius 1 is 1.86 bits per heavy atom. The molecule has 0 aromatic carbocycles. The maximum atomic E-state index is 5.41. The molecule has 0 aliphatic carbocycles. The Bertz CT molecular complexity index is 117. The van der Waals surface area contributed by atoms with E-state index in [1.165, 1.54) is 0 Å². The molecule has 1 aliphatic heterocycles. The highest BCUT2D eigenvalue weighted by molar-refractivity contribution is 5.98. The average Bonchev–Trinajstić information content (AvgIpc) is 1.91. The van der Waals surface area contributed by atoms with E-state index in [-0.39, 0.29) is 0 Å². The number of hydrogen-bond acceptors (Lipinski definition) is 2. The minimum absolute atomic E-state index is 0.775. The van der Waals surface area contributed by atoms with Crippen LogP contribution in [0.25, 0.3) is 0 Å². The molecule has 0 atom stereocenters. The van der Waals surface area contributed by atoms with Gasteiger partial charge in [0.1, 0.15) is 0 Å². The van der Waals surface area contributed by atoms with Crippen molar-refractivity contribution in [2.24, 2.45) is 10.7 Å². The molecule has 0 spiro atoms. The van der Waals surface area contributed by atoms with Crippen LogP contribution < -0.4 is 5.73 Å². The SMILES string of the molecule is CC1=NCC=C1N. The van der Waals surface area contributed by atoms with Crippen molar-refractivity contribution in [1.29, 1.82) is 0 Å². The Morgan fingerprint density at radius 3 is 2.71 bits per heavy atom. The van der Waals surface area contributed by atoms with Gasteiger partial charge in [-0.1, -0.05) is 0 Å². The highest BCUT2D eigenvalue weighted by atomic mass is 14.8. The van der Waals surface area contributed by atoms with Crippen molar-refractivity contribution in [3.05, 3.63) is 11.8 Å². The Balaban J connectivity index is 2.78. The second-order valence-corrected chi connectivity index (χ2v) is 1.59. The van der Waals surface area contributed by atoms with Crippen LogP contribution in [0.5, 0.6) is 0 Å². The molecule has 1 rings (SSSR count). The second-order valence-electron chi connectivity index (χ2n) is 1.59. The molecule has 0 fully saturated rings. The molecule has 0 saturated heterocycles. The maximum Gasteiger partial charge on any atom is 0.0597 e. The standard InChI is InChI=1S/C5H8N2/c1-4-5(6)2-3-7-4/h2H,3,6H2,1H3. The first-order chi connectivity index (χ1) is 3.30. The summed E-state index contributed by atoms with van der Waals surface area (Å²) in [5.41, 5.74) is 7.21. The van der Waals surface area contributed by atoms with Crippen molar-refractivity contribution in [3.8, 4) is 0 Å². The van der Waals surface area contributed by atoms with E-state index >= 15 is 0 Å². The van der Waals surface area contributed by atoms with Crippen LogP contribution in [-0.2, 0) is 0 Å². The maximum absolute atomic E-state index is 5.41. The summed E-state index contributed by atoms with van der Waals surface area (Å²) in [4.78, 5) is 4.02. The van der Waals surface area contributed by atoms with E-state index in [1.54, 1.807) is 0 Å². The van der Waals surface area contributed by atoms with Crippen LogP contribution in [0, 0.1) is 0 Å². The van der Waals surface area contributed by atoms with Crippen LogP contribution in [0.1, 0.15) is 6.92 Å². The lowest BCUT2D eigenvalue weighted by Gasteiger charge is -1.86. The minimum atomic E-state index is 0.775. The van der Waals surface area contributed by atoms with E-state index in [2.05, 4.69) is 4.99 Å². The molecule has 0 bridgehead atoms. The molecule has 0 aromatic rings. The Morgan fingerprint density at radius 2 is 2.57 bits per heavy atom. The molecule has 7 heavy (non-hydrogen) atoms. The van der Waals surface area contributed by atoms with Crippen LogP contribution in [0.2, 0.25) is 0 Å².